The van der Waals surface area contributed by atoms with Gasteiger partial charge in [0.1, 0.15) is 11.2 Å². The average molecular weight is 677 g/mol. The highest BCUT2D eigenvalue weighted by molar-refractivity contribution is 6.24. The van der Waals surface area contributed by atoms with Crippen molar-refractivity contribution in [3.8, 4) is 27.9 Å². The number of furan rings is 1. The number of anilines is 3. The quantitative estimate of drug-likeness (QED) is 0.164. The Kier molecular flexibility index (Phi) is 6.55. The van der Waals surface area contributed by atoms with Crippen LogP contribution < -0.4 is 4.90 Å². The molecule has 248 valence electrons. The lowest BCUT2D eigenvalue weighted by molar-refractivity contribution is 0.669. The van der Waals surface area contributed by atoms with Gasteiger partial charge in [-0.2, -0.15) is 0 Å². The molecule has 0 saturated carbocycles. The molecule has 2 heterocycles. The Morgan fingerprint density at radius 1 is 0.377 bits per heavy atom. The molecule has 0 radical (unpaired) electrons. The molecule has 11 rings (SSSR count). The van der Waals surface area contributed by atoms with Crippen molar-refractivity contribution in [2.75, 3.05) is 4.90 Å². The van der Waals surface area contributed by atoms with E-state index in [1.165, 1.54) is 49.3 Å². The van der Waals surface area contributed by atoms with E-state index < -0.39 is 0 Å². The van der Waals surface area contributed by atoms with Crippen LogP contribution in [0.25, 0.3) is 82.5 Å². The molecule has 11 aromatic rings. The summed E-state index contributed by atoms with van der Waals surface area (Å²) in [4.78, 5) is 2.33. The van der Waals surface area contributed by atoms with Gasteiger partial charge in [0, 0.05) is 50.2 Å². The first-order valence-electron chi connectivity index (χ1n) is 18.1. The molecule has 2 aromatic heterocycles. The topological polar surface area (TPSA) is 21.3 Å². The average Bonchev–Trinajstić information content (AvgIpc) is 3.77. The molecule has 0 spiro atoms. The summed E-state index contributed by atoms with van der Waals surface area (Å²) in [5.41, 5.74) is 13.2. The van der Waals surface area contributed by atoms with Gasteiger partial charge >= 0.3 is 0 Å². The van der Waals surface area contributed by atoms with E-state index >= 15 is 0 Å². The predicted molar refractivity (Wildman–Crippen MR) is 222 cm³/mol. The van der Waals surface area contributed by atoms with Gasteiger partial charge in [0.05, 0.1) is 16.7 Å². The van der Waals surface area contributed by atoms with Crippen LogP contribution in [-0.4, -0.2) is 4.57 Å². The Hall–Kier alpha value is -7.10. The number of fused-ring (bicyclic) bond motifs is 3. The van der Waals surface area contributed by atoms with Gasteiger partial charge in [-0.1, -0.05) is 127 Å². The molecule has 3 heteroatoms. The third kappa shape index (κ3) is 4.68. The van der Waals surface area contributed by atoms with E-state index in [0.717, 1.165) is 50.3 Å². The second-order valence-corrected chi connectivity index (χ2v) is 13.7. The van der Waals surface area contributed by atoms with Crippen LogP contribution in [-0.2, 0) is 0 Å². The van der Waals surface area contributed by atoms with E-state index in [4.69, 9.17) is 4.42 Å². The number of hydrogen-bond donors (Lipinski definition) is 0. The van der Waals surface area contributed by atoms with E-state index in [0.29, 0.717) is 0 Å². The van der Waals surface area contributed by atoms with Gasteiger partial charge in [-0.3, -0.25) is 0 Å². The molecule has 53 heavy (non-hydrogen) atoms. The standard InChI is InChI=1S/C50H32N2O/c1-2-11-33(12-3-1)34-25-27-38(28-26-34)51(40-29-30-43-42-18-5-7-22-47(42)53-48(43)32-40)39-16-8-15-37(31-39)41-17-4-6-19-44(41)52-45-20-9-13-35-23-24-36-14-10-21-46(52)50(36)49(35)45/h1-32H. The minimum absolute atomic E-state index is 0.869. The van der Waals surface area contributed by atoms with Crippen molar-refractivity contribution < 1.29 is 4.42 Å². The van der Waals surface area contributed by atoms with Crippen molar-refractivity contribution in [1.82, 2.24) is 4.57 Å². The van der Waals surface area contributed by atoms with E-state index in [1.807, 2.05) is 12.1 Å². The molecular weight excluding hydrogens is 645 g/mol. The van der Waals surface area contributed by atoms with Crippen LogP contribution in [0.3, 0.4) is 0 Å². The molecule has 0 bridgehead atoms. The molecule has 0 unspecified atom stereocenters. The van der Waals surface area contributed by atoms with Gasteiger partial charge in [-0.25, -0.2) is 0 Å². The predicted octanol–water partition coefficient (Wildman–Crippen LogP) is 14.1. The van der Waals surface area contributed by atoms with E-state index in [9.17, 15) is 0 Å². The van der Waals surface area contributed by atoms with Gasteiger partial charge < -0.3 is 13.9 Å². The van der Waals surface area contributed by atoms with Crippen LogP contribution in [0.5, 0.6) is 0 Å². The molecule has 3 nitrogen and oxygen atoms in total. The molecule has 0 aliphatic rings. The maximum absolute atomic E-state index is 6.40. The smallest absolute Gasteiger partial charge is 0.137 e. The molecule has 0 amide bonds. The van der Waals surface area contributed by atoms with Crippen molar-refractivity contribution in [2.45, 2.75) is 0 Å². The Morgan fingerprint density at radius 2 is 0.981 bits per heavy atom. The van der Waals surface area contributed by atoms with E-state index in [2.05, 4.69) is 191 Å². The lowest BCUT2D eigenvalue weighted by atomic mass is 10.0. The fourth-order valence-electron chi connectivity index (χ4n) is 8.34. The third-order valence-electron chi connectivity index (χ3n) is 10.7. The highest BCUT2D eigenvalue weighted by Crippen LogP contribution is 2.43. The van der Waals surface area contributed by atoms with Gasteiger partial charge in [0.25, 0.3) is 0 Å². The monoisotopic (exact) mass is 676 g/mol. The maximum Gasteiger partial charge on any atom is 0.137 e. The molecule has 0 fully saturated rings. The molecule has 0 aliphatic carbocycles. The summed E-state index contributed by atoms with van der Waals surface area (Å²) in [6.07, 6.45) is 0. The zero-order chi connectivity index (χ0) is 34.9. The number of aromatic nitrogens is 1. The van der Waals surface area contributed by atoms with Crippen molar-refractivity contribution in [2.24, 2.45) is 0 Å². The Bertz CT molecular complexity index is 3050. The van der Waals surface area contributed by atoms with Crippen LogP contribution in [0, 0.1) is 0 Å². The minimum atomic E-state index is 0.869. The fraction of sp³-hybridized carbons (Fsp3) is 0. The number of hydrogen-bond acceptors (Lipinski definition) is 2. The maximum atomic E-state index is 6.40. The molecule has 0 aliphatic heterocycles. The SMILES string of the molecule is c1ccc(-c2ccc(N(c3cccc(-c4ccccc4-n4c5cccc6ccc7cccc4c7c65)c3)c3ccc4c(c3)oc3ccccc34)cc2)cc1. The van der Waals surface area contributed by atoms with E-state index in [-0.39, 0.29) is 0 Å². The van der Waals surface area contributed by atoms with Crippen LogP contribution in [0.15, 0.2) is 199 Å². The van der Waals surface area contributed by atoms with Crippen LogP contribution in [0.2, 0.25) is 0 Å². The molecule has 0 saturated heterocycles. The van der Waals surface area contributed by atoms with E-state index in [1.54, 1.807) is 0 Å². The summed E-state index contributed by atoms with van der Waals surface area (Å²) in [7, 11) is 0. The Morgan fingerprint density at radius 3 is 1.77 bits per heavy atom. The zero-order valence-electron chi connectivity index (χ0n) is 28.8. The summed E-state index contributed by atoms with van der Waals surface area (Å²) >= 11 is 0. The van der Waals surface area contributed by atoms with Crippen LogP contribution >= 0.6 is 0 Å². The van der Waals surface area contributed by atoms with Crippen LogP contribution in [0.1, 0.15) is 0 Å². The highest BCUT2D eigenvalue weighted by Gasteiger charge is 2.20. The second kappa shape index (κ2) is 11.7. The second-order valence-electron chi connectivity index (χ2n) is 13.7. The number of nitrogens with zero attached hydrogens (tertiary/aromatic N) is 2. The fourth-order valence-corrected chi connectivity index (χ4v) is 8.34. The molecular formula is C50H32N2O. The summed E-state index contributed by atoms with van der Waals surface area (Å²) in [5.74, 6) is 0. The van der Waals surface area contributed by atoms with Crippen molar-refractivity contribution in [1.29, 1.82) is 0 Å². The highest BCUT2D eigenvalue weighted by atomic mass is 16.3. The van der Waals surface area contributed by atoms with Crippen molar-refractivity contribution in [3.63, 3.8) is 0 Å². The third-order valence-corrected chi connectivity index (χ3v) is 10.7. The molecule has 9 aromatic carbocycles. The first-order valence-corrected chi connectivity index (χ1v) is 18.1. The molecule has 0 N–H and O–H groups in total. The minimum Gasteiger partial charge on any atom is -0.456 e. The van der Waals surface area contributed by atoms with Crippen molar-refractivity contribution >= 4 is 71.6 Å². The van der Waals surface area contributed by atoms with Crippen molar-refractivity contribution in [3.05, 3.63) is 194 Å². The summed E-state index contributed by atoms with van der Waals surface area (Å²) in [6.45, 7) is 0. The molecule has 0 atom stereocenters. The lowest BCUT2D eigenvalue weighted by Gasteiger charge is -2.26. The largest absolute Gasteiger partial charge is 0.456 e. The normalized spacial score (nSPS) is 11.8. The van der Waals surface area contributed by atoms with Gasteiger partial charge in [-0.15, -0.1) is 0 Å². The van der Waals surface area contributed by atoms with Crippen LogP contribution in [0.4, 0.5) is 17.1 Å². The number of benzene rings is 9. The Labute approximate surface area is 306 Å². The number of para-hydroxylation sites is 2. The first kappa shape index (κ1) is 29.6. The Balaban J connectivity index is 1.09. The summed E-state index contributed by atoms with van der Waals surface area (Å²) in [6, 6.07) is 69.7. The van der Waals surface area contributed by atoms with Gasteiger partial charge in [0.15, 0.2) is 0 Å². The number of rotatable bonds is 6. The lowest BCUT2D eigenvalue weighted by Crippen LogP contribution is -2.10. The van der Waals surface area contributed by atoms with Gasteiger partial charge in [0.2, 0.25) is 0 Å². The first-order chi connectivity index (χ1) is 26.3. The summed E-state index contributed by atoms with van der Waals surface area (Å²) < 4.78 is 8.85. The van der Waals surface area contributed by atoms with Gasteiger partial charge in [-0.05, 0) is 88.1 Å². The summed E-state index contributed by atoms with van der Waals surface area (Å²) in [5, 5.41) is 7.40. The zero-order valence-corrected chi connectivity index (χ0v) is 28.8.